The number of rotatable bonds is 3. The van der Waals surface area contributed by atoms with Crippen molar-refractivity contribution in [3.8, 4) is 11.6 Å². The number of hydrogen-bond donors (Lipinski definition) is 2. The fraction of sp³-hybridized carbons (Fsp3) is 0. The minimum absolute atomic E-state index is 0.181. The molecule has 0 bridgehead atoms. The Morgan fingerprint density at radius 2 is 2.22 bits per heavy atom. The Morgan fingerprint density at radius 1 is 1.44 bits per heavy atom. The van der Waals surface area contributed by atoms with E-state index in [1.165, 1.54) is 12.4 Å². The zero-order valence-corrected chi connectivity index (χ0v) is 11.2. The Balaban J connectivity index is 2.34. The van der Waals surface area contributed by atoms with E-state index in [4.69, 9.17) is 10.5 Å². The molecule has 0 radical (unpaired) electrons. The number of carbonyl (C=O) groups is 1. The number of primary amides is 1. The second-order valence-electron chi connectivity index (χ2n) is 3.34. The average Bonchev–Trinajstić information content (AvgIpc) is 2.35. The first kappa shape index (κ1) is 12.6. The van der Waals surface area contributed by atoms with Gasteiger partial charge in [-0.3, -0.25) is 9.59 Å². The van der Waals surface area contributed by atoms with Gasteiger partial charge in [0.05, 0.1) is 6.33 Å². The zero-order valence-electron chi connectivity index (χ0n) is 9.01. The summed E-state index contributed by atoms with van der Waals surface area (Å²) < 4.78 is 5.77. The van der Waals surface area contributed by atoms with Crippen LogP contribution < -0.4 is 16.0 Å². The summed E-state index contributed by atoms with van der Waals surface area (Å²) in [6.07, 6.45) is 1.25. The molecule has 1 heterocycles. The van der Waals surface area contributed by atoms with E-state index in [2.05, 4.69) is 9.97 Å². The van der Waals surface area contributed by atoms with E-state index in [1.54, 1.807) is 18.2 Å². The van der Waals surface area contributed by atoms with Crippen LogP contribution in [-0.2, 0) is 0 Å². The average molecular weight is 357 g/mol. The van der Waals surface area contributed by atoms with Gasteiger partial charge in [0.2, 0.25) is 11.8 Å². The van der Waals surface area contributed by atoms with Gasteiger partial charge in [-0.05, 0) is 40.8 Å². The molecule has 7 heteroatoms. The van der Waals surface area contributed by atoms with Gasteiger partial charge >= 0.3 is 0 Å². The van der Waals surface area contributed by atoms with Crippen LogP contribution in [0.25, 0.3) is 0 Å². The Morgan fingerprint density at radius 3 is 2.94 bits per heavy atom. The lowest BCUT2D eigenvalue weighted by Crippen LogP contribution is -2.12. The van der Waals surface area contributed by atoms with E-state index < -0.39 is 5.91 Å². The van der Waals surface area contributed by atoms with Gasteiger partial charge in [0, 0.05) is 5.56 Å². The number of aromatic amines is 1. The monoisotopic (exact) mass is 357 g/mol. The van der Waals surface area contributed by atoms with Gasteiger partial charge in [0.25, 0.3) is 5.56 Å². The van der Waals surface area contributed by atoms with Crippen molar-refractivity contribution < 1.29 is 9.53 Å². The van der Waals surface area contributed by atoms with Crippen molar-refractivity contribution in [3.05, 3.63) is 50.1 Å². The number of nitrogens with two attached hydrogens (primary N) is 1. The first-order valence-electron chi connectivity index (χ1n) is 4.89. The molecule has 1 amide bonds. The molecule has 1 aromatic carbocycles. The van der Waals surface area contributed by atoms with Gasteiger partial charge < -0.3 is 15.5 Å². The molecule has 2 rings (SSSR count). The van der Waals surface area contributed by atoms with E-state index in [0.717, 1.165) is 0 Å². The molecule has 6 nitrogen and oxygen atoms in total. The summed E-state index contributed by atoms with van der Waals surface area (Å²) in [4.78, 5) is 28.7. The van der Waals surface area contributed by atoms with Crippen LogP contribution in [0.15, 0.2) is 35.4 Å². The third-order valence-electron chi connectivity index (χ3n) is 2.10. The summed E-state index contributed by atoms with van der Waals surface area (Å²) in [5, 5.41) is 0. The number of halogens is 1. The topological polar surface area (TPSA) is 98.1 Å². The number of hydrogen-bond acceptors (Lipinski definition) is 4. The third kappa shape index (κ3) is 2.67. The van der Waals surface area contributed by atoms with Crippen molar-refractivity contribution in [2.24, 2.45) is 5.73 Å². The Bertz CT molecular complexity index is 654. The van der Waals surface area contributed by atoms with Crippen LogP contribution >= 0.6 is 22.6 Å². The van der Waals surface area contributed by atoms with Gasteiger partial charge in [-0.25, -0.2) is 4.98 Å². The second-order valence-corrected chi connectivity index (χ2v) is 4.42. The number of amides is 1. The van der Waals surface area contributed by atoms with Crippen molar-refractivity contribution >= 4 is 28.5 Å². The van der Waals surface area contributed by atoms with Crippen LogP contribution in [0.5, 0.6) is 11.6 Å². The van der Waals surface area contributed by atoms with Gasteiger partial charge in [-0.1, -0.05) is 6.07 Å². The van der Waals surface area contributed by atoms with Gasteiger partial charge in [0.15, 0.2) is 0 Å². The molecule has 92 valence electrons. The largest absolute Gasteiger partial charge is 0.438 e. The predicted octanol–water partition coefficient (Wildman–Crippen LogP) is 1.27. The Hall–Kier alpha value is -1.90. The van der Waals surface area contributed by atoms with Crippen LogP contribution in [0.2, 0.25) is 0 Å². The fourth-order valence-electron chi connectivity index (χ4n) is 1.26. The standard InChI is InChI=1S/C11H8IN3O3/c12-8-10(17)14-5-15-11(8)18-7-3-1-2-6(4-7)9(13)16/h1-5H,(H2,13,16)(H,14,15,17). The van der Waals surface area contributed by atoms with E-state index >= 15 is 0 Å². The number of nitrogens with one attached hydrogen (secondary N) is 1. The van der Waals surface area contributed by atoms with E-state index in [9.17, 15) is 9.59 Å². The molecule has 3 N–H and O–H groups in total. The molecule has 0 aliphatic rings. The molecule has 0 saturated heterocycles. The van der Waals surface area contributed by atoms with Crippen molar-refractivity contribution in [1.29, 1.82) is 0 Å². The van der Waals surface area contributed by atoms with Crippen LogP contribution in [0.3, 0.4) is 0 Å². The Labute approximate surface area is 115 Å². The molecule has 0 atom stereocenters. The molecule has 0 fully saturated rings. The summed E-state index contributed by atoms with van der Waals surface area (Å²) in [6.45, 7) is 0. The summed E-state index contributed by atoms with van der Waals surface area (Å²) >= 11 is 1.83. The number of H-pyrrole nitrogens is 1. The lowest BCUT2D eigenvalue weighted by Gasteiger charge is -2.06. The number of carbonyl (C=O) groups excluding carboxylic acids is 1. The maximum atomic E-state index is 11.3. The van der Waals surface area contributed by atoms with E-state index in [-0.39, 0.29) is 11.4 Å². The first-order valence-corrected chi connectivity index (χ1v) is 5.96. The highest BCUT2D eigenvalue weighted by molar-refractivity contribution is 14.1. The fourth-order valence-corrected chi connectivity index (χ4v) is 1.67. The van der Waals surface area contributed by atoms with Crippen LogP contribution in [0, 0.1) is 3.57 Å². The van der Waals surface area contributed by atoms with Gasteiger partial charge in [-0.15, -0.1) is 0 Å². The molecule has 0 spiro atoms. The summed E-state index contributed by atoms with van der Waals surface area (Å²) in [7, 11) is 0. The summed E-state index contributed by atoms with van der Waals surface area (Å²) in [5.74, 6) is 0.0253. The summed E-state index contributed by atoms with van der Waals surface area (Å²) in [5.41, 5.74) is 5.20. The smallest absolute Gasteiger partial charge is 0.268 e. The van der Waals surface area contributed by atoms with Gasteiger partial charge in [-0.2, -0.15) is 0 Å². The van der Waals surface area contributed by atoms with Crippen molar-refractivity contribution in [1.82, 2.24) is 9.97 Å². The highest BCUT2D eigenvalue weighted by Crippen LogP contribution is 2.22. The molecular weight excluding hydrogens is 349 g/mol. The van der Waals surface area contributed by atoms with E-state index in [1.807, 2.05) is 22.6 Å². The minimum atomic E-state index is -0.547. The molecule has 0 saturated carbocycles. The highest BCUT2D eigenvalue weighted by Gasteiger charge is 2.09. The van der Waals surface area contributed by atoms with Crippen molar-refractivity contribution in [2.45, 2.75) is 0 Å². The lowest BCUT2D eigenvalue weighted by atomic mass is 10.2. The summed E-state index contributed by atoms with van der Waals surface area (Å²) in [6, 6.07) is 6.34. The molecule has 1 aromatic heterocycles. The van der Waals surface area contributed by atoms with Crippen molar-refractivity contribution in [2.75, 3.05) is 0 Å². The normalized spacial score (nSPS) is 10.1. The maximum absolute atomic E-state index is 11.3. The molecule has 0 aliphatic carbocycles. The van der Waals surface area contributed by atoms with Crippen LogP contribution in [-0.4, -0.2) is 15.9 Å². The van der Waals surface area contributed by atoms with Crippen molar-refractivity contribution in [3.63, 3.8) is 0 Å². The molecule has 0 unspecified atom stereocenters. The second kappa shape index (κ2) is 5.17. The molecule has 2 aromatic rings. The maximum Gasteiger partial charge on any atom is 0.268 e. The Kier molecular flexibility index (Phi) is 3.60. The molecular formula is C11H8IN3O3. The number of aromatic nitrogens is 2. The van der Waals surface area contributed by atoms with Crippen LogP contribution in [0.4, 0.5) is 0 Å². The molecule has 18 heavy (non-hydrogen) atoms. The van der Waals surface area contributed by atoms with E-state index in [0.29, 0.717) is 14.9 Å². The number of benzene rings is 1. The number of ether oxygens (including phenoxy) is 1. The minimum Gasteiger partial charge on any atom is -0.438 e. The molecule has 0 aliphatic heterocycles. The van der Waals surface area contributed by atoms with Gasteiger partial charge in [0.1, 0.15) is 9.32 Å². The SMILES string of the molecule is NC(=O)c1cccc(Oc2nc[nH]c(=O)c2I)c1. The lowest BCUT2D eigenvalue weighted by molar-refractivity contribution is 0.1000. The van der Waals surface area contributed by atoms with Crippen LogP contribution in [0.1, 0.15) is 10.4 Å². The first-order chi connectivity index (χ1) is 8.58. The highest BCUT2D eigenvalue weighted by atomic mass is 127. The zero-order chi connectivity index (χ0) is 13.1. The quantitative estimate of drug-likeness (QED) is 0.809. The predicted molar refractivity (Wildman–Crippen MR) is 72.6 cm³/mol. The third-order valence-corrected chi connectivity index (χ3v) is 3.05. The number of nitrogens with zero attached hydrogens (tertiary/aromatic N) is 1.